The minimum Gasteiger partial charge on any atom is -0.263 e. The fraction of sp³-hybridized carbons (Fsp3) is 0.429. The fourth-order valence-electron chi connectivity index (χ4n) is 2.43. The third-order valence-corrected chi connectivity index (χ3v) is 3.99. The van der Waals surface area contributed by atoms with Crippen LogP contribution in [-0.2, 0) is 12.4 Å². The Morgan fingerprint density at radius 2 is 2.00 bits per heavy atom. The second kappa shape index (κ2) is 5.81. The molecule has 2 heterocycles. The van der Waals surface area contributed by atoms with Crippen LogP contribution in [0.2, 0.25) is 0 Å². The van der Waals surface area contributed by atoms with E-state index in [4.69, 9.17) is 11.6 Å². The van der Waals surface area contributed by atoms with E-state index < -0.39 is 0 Å². The molecule has 7 heteroatoms. The molecule has 112 valence electrons. The number of nitrogens with zero attached hydrogens (tertiary/aromatic N) is 4. The van der Waals surface area contributed by atoms with Gasteiger partial charge in [-0.05, 0) is 27.7 Å². The van der Waals surface area contributed by atoms with Crippen LogP contribution < -0.4 is 0 Å². The predicted octanol–water partition coefficient (Wildman–Crippen LogP) is 3.21. The number of hydrogen-bond donors (Lipinski definition) is 0. The second-order valence-electron chi connectivity index (χ2n) is 5.06. The second-order valence-corrected chi connectivity index (χ2v) is 5.33. The molecule has 0 aliphatic rings. The van der Waals surface area contributed by atoms with E-state index in [1.54, 1.807) is 18.5 Å². The largest absolute Gasteiger partial charge is 0.278 e. The zero-order valence-corrected chi connectivity index (χ0v) is 13.2. The van der Waals surface area contributed by atoms with Crippen LogP contribution in [0.5, 0.6) is 0 Å². The number of halogens is 1. The summed E-state index contributed by atoms with van der Waals surface area (Å²) >= 11 is 5.91. The Morgan fingerprint density at radius 3 is 2.52 bits per heavy atom. The minimum absolute atomic E-state index is 0.124. The van der Waals surface area contributed by atoms with Crippen LogP contribution in [0.3, 0.4) is 0 Å². The summed E-state index contributed by atoms with van der Waals surface area (Å²) in [6.07, 6.45) is 1.54. The van der Waals surface area contributed by atoms with Crippen molar-refractivity contribution < 1.29 is 4.92 Å². The highest BCUT2D eigenvalue weighted by atomic mass is 35.5. The van der Waals surface area contributed by atoms with E-state index in [9.17, 15) is 10.1 Å². The highest BCUT2D eigenvalue weighted by Crippen LogP contribution is 2.25. The summed E-state index contributed by atoms with van der Waals surface area (Å²) in [5.74, 6) is 0.401. The molecule has 0 amide bonds. The molecule has 0 aliphatic heterocycles. The zero-order chi connectivity index (χ0) is 15.7. The number of alkyl halides is 1. The van der Waals surface area contributed by atoms with E-state index in [1.807, 2.05) is 13.8 Å². The molecule has 0 saturated carbocycles. The van der Waals surface area contributed by atoms with Crippen molar-refractivity contribution in [3.63, 3.8) is 0 Å². The maximum Gasteiger partial charge on any atom is 0.278 e. The smallest absolute Gasteiger partial charge is 0.263 e. The van der Waals surface area contributed by atoms with E-state index in [0.29, 0.717) is 29.2 Å². The third kappa shape index (κ3) is 2.76. The van der Waals surface area contributed by atoms with Gasteiger partial charge in [-0.3, -0.25) is 19.8 Å². The van der Waals surface area contributed by atoms with E-state index in [1.165, 1.54) is 6.20 Å². The predicted molar refractivity (Wildman–Crippen MR) is 80.7 cm³/mol. The first-order valence-electron chi connectivity index (χ1n) is 6.55. The van der Waals surface area contributed by atoms with Gasteiger partial charge in [0.2, 0.25) is 0 Å². The number of hydrogen-bond acceptors (Lipinski definition) is 4. The number of pyridine rings is 1. The quantitative estimate of drug-likeness (QED) is 0.494. The molecule has 2 aromatic heterocycles. The van der Waals surface area contributed by atoms with Crippen LogP contribution in [0.25, 0.3) is 0 Å². The van der Waals surface area contributed by atoms with Gasteiger partial charge in [0.05, 0.1) is 34.3 Å². The first-order valence-corrected chi connectivity index (χ1v) is 7.08. The van der Waals surface area contributed by atoms with Crippen molar-refractivity contribution >= 4 is 17.3 Å². The van der Waals surface area contributed by atoms with Gasteiger partial charge in [-0.1, -0.05) is 0 Å². The first kappa shape index (κ1) is 15.4. The molecular formula is C14H17ClN4O2. The van der Waals surface area contributed by atoms with Gasteiger partial charge in [-0.15, -0.1) is 11.6 Å². The lowest BCUT2D eigenvalue weighted by atomic mass is 10.1. The Balaban J connectivity index is 2.46. The summed E-state index contributed by atoms with van der Waals surface area (Å²) in [7, 11) is 0. The van der Waals surface area contributed by atoms with E-state index in [-0.39, 0.29) is 10.6 Å². The van der Waals surface area contributed by atoms with Crippen LogP contribution in [0.4, 0.5) is 5.69 Å². The number of aromatic nitrogens is 3. The van der Waals surface area contributed by atoms with Gasteiger partial charge >= 0.3 is 0 Å². The molecule has 0 saturated heterocycles. The molecule has 0 aromatic carbocycles. The zero-order valence-electron chi connectivity index (χ0n) is 12.5. The monoisotopic (exact) mass is 308 g/mol. The Bertz CT molecular complexity index is 709. The van der Waals surface area contributed by atoms with Crippen LogP contribution in [-0.4, -0.2) is 19.7 Å². The standard InChI is InChI=1S/C14H17ClN4O2/c1-8-6-16-13(9(2)14(8)19(20)21)7-18-11(4)12(5-15)10(3)17-18/h6H,5,7H2,1-4H3. The van der Waals surface area contributed by atoms with Gasteiger partial charge in [0.1, 0.15) is 0 Å². The number of rotatable bonds is 4. The highest BCUT2D eigenvalue weighted by Gasteiger charge is 2.20. The molecule has 0 bridgehead atoms. The van der Waals surface area contributed by atoms with Crippen molar-refractivity contribution in [3.8, 4) is 0 Å². The van der Waals surface area contributed by atoms with Crippen LogP contribution in [0.15, 0.2) is 6.20 Å². The maximum absolute atomic E-state index is 11.2. The summed E-state index contributed by atoms with van der Waals surface area (Å²) < 4.78 is 1.79. The van der Waals surface area contributed by atoms with Crippen molar-refractivity contribution in [2.24, 2.45) is 0 Å². The molecule has 0 unspecified atom stereocenters. The molecular weight excluding hydrogens is 292 g/mol. The molecule has 2 rings (SSSR count). The molecule has 6 nitrogen and oxygen atoms in total. The molecule has 0 aliphatic carbocycles. The molecule has 0 spiro atoms. The summed E-state index contributed by atoms with van der Waals surface area (Å²) in [5.41, 5.74) is 4.76. The lowest BCUT2D eigenvalue weighted by molar-refractivity contribution is -0.386. The van der Waals surface area contributed by atoms with Gasteiger partial charge in [0.15, 0.2) is 0 Å². The van der Waals surface area contributed by atoms with Crippen molar-refractivity contribution in [1.29, 1.82) is 0 Å². The van der Waals surface area contributed by atoms with E-state index >= 15 is 0 Å². The van der Waals surface area contributed by atoms with Crippen molar-refractivity contribution in [2.75, 3.05) is 0 Å². The van der Waals surface area contributed by atoms with Crippen molar-refractivity contribution in [3.05, 3.63) is 50.1 Å². The topological polar surface area (TPSA) is 73.8 Å². The molecule has 21 heavy (non-hydrogen) atoms. The average molecular weight is 309 g/mol. The third-order valence-electron chi connectivity index (χ3n) is 3.72. The first-order chi connectivity index (χ1) is 9.86. The lowest BCUT2D eigenvalue weighted by Crippen LogP contribution is -2.09. The van der Waals surface area contributed by atoms with Crippen LogP contribution in [0.1, 0.15) is 33.8 Å². The van der Waals surface area contributed by atoms with Gasteiger partial charge in [0.25, 0.3) is 5.69 Å². The van der Waals surface area contributed by atoms with Gasteiger partial charge in [-0.25, -0.2) is 0 Å². The normalized spacial score (nSPS) is 10.9. The number of aryl methyl sites for hydroxylation is 2. The van der Waals surface area contributed by atoms with E-state index in [0.717, 1.165) is 17.0 Å². The summed E-state index contributed by atoms with van der Waals surface area (Å²) in [6, 6.07) is 0. The summed E-state index contributed by atoms with van der Waals surface area (Å²) in [6.45, 7) is 7.66. The Kier molecular flexibility index (Phi) is 4.27. The van der Waals surface area contributed by atoms with E-state index in [2.05, 4.69) is 10.1 Å². The molecule has 0 radical (unpaired) electrons. The molecule has 0 atom stereocenters. The Hall–Kier alpha value is -1.95. The number of nitro groups is 1. The SMILES string of the molecule is Cc1cnc(Cn2nc(C)c(CCl)c2C)c(C)c1[N+](=O)[O-]. The van der Waals surface area contributed by atoms with Gasteiger partial charge in [-0.2, -0.15) is 5.10 Å². The van der Waals surface area contributed by atoms with Gasteiger partial charge < -0.3 is 0 Å². The van der Waals surface area contributed by atoms with Crippen molar-refractivity contribution in [1.82, 2.24) is 14.8 Å². The molecule has 2 aromatic rings. The highest BCUT2D eigenvalue weighted by molar-refractivity contribution is 6.17. The fourth-order valence-corrected chi connectivity index (χ4v) is 2.82. The molecule has 0 N–H and O–H groups in total. The Labute approximate surface area is 127 Å². The Morgan fingerprint density at radius 1 is 1.33 bits per heavy atom. The molecule has 0 fully saturated rings. The maximum atomic E-state index is 11.2. The minimum atomic E-state index is -0.360. The van der Waals surface area contributed by atoms with Gasteiger partial charge in [0, 0.05) is 23.0 Å². The summed E-state index contributed by atoms with van der Waals surface area (Å²) in [5, 5.41) is 15.6. The average Bonchev–Trinajstić information content (AvgIpc) is 2.67. The van der Waals surface area contributed by atoms with Crippen LogP contribution in [0, 0.1) is 37.8 Å². The van der Waals surface area contributed by atoms with Crippen molar-refractivity contribution in [2.45, 2.75) is 40.1 Å². The van der Waals surface area contributed by atoms with Crippen LogP contribution >= 0.6 is 11.6 Å². The summed E-state index contributed by atoms with van der Waals surface area (Å²) in [4.78, 5) is 15.1. The lowest BCUT2D eigenvalue weighted by Gasteiger charge is -2.09.